The largest absolute Gasteiger partial charge is 0.472 e. The molecule has 3 amide bonds. The number of likely N-dealkylation sites (N-methyl/N-ethyl adjacent to an activating group) is 3. The predicted octanol–water partition coefficient (Wildman–Crippen LogP) is 10.7. The van der Waals surface area contributed by atoms with Gasteiger partial charge in [0.15, 0.2) is 0 Å². The minimum absolute atomic E-state index is 0.0562. The van der Waals surface area contributed by atoms with E-state index in [0.29, 0.717) is 80.5 Å². The van der Waals surface area contributed by atoms with Gasteiger partial charge in [-0.15, -0.1) is 0 Å². The van der Waals surface area contributed by atoms with Gasteiger partial charge in [-0.05, 0) is 124 Å². The number of aryl methyl sites for hydroxylation is 1. The summed E-state index contributed by atoms with van der Waals surface area (Å²) in [6.45, 7) is 13.6. The van der Waals surface area contributed by atoms with Crippen molar-refractivity contribution in [2.24, 2.45) is 17.2 Å². The Hall–Kier alpha value is -8.90. The van der Waals surface area contributed by atoms with E-state index in [1.165, 1.54) is 53.0 Å². The maximum absolute atomic E-state index is 13.5. The Bertz CT molecular complexity index is 4200. The number of rotatable bonds is 21. The number of aromatic nitrogens is 6. The van der Waals surface area contributed by atoms with Gasteiger partial charge in [0.25, 0.3) is 0 Å². The molecule has 0 saturated carbocycles. The van der Waals surface area contributed by atoms with Gasteiger partial charge < -0.3 is 72.3 Å². The lowest BCUT2D eigenvalue weighted by atomic mass is 10.1. The minimum atomic E-state index is -0.594. The van der Waals surface area contributed by atoms with Gasteiger partial charge in [-0.3, -0.25) is 14.4 Å². The highest BCUT2D eigenvalue weighted by Crippen LogP contribution is 2.40. The molecular weight excluding hydrogens is 1400 g/mol. The number of carbonyl (C=O) groups excluding carboxylic acids is 3. The number of halogens is 4. The molecule has 30 heteroatoms. The molecule has 0 radical (unpaired) electrons. The second-order valence-corrected chi connectivity index (χ2v) is 28.2. The van der Waals surface area contributed by atoms with Gasteiger partial charge in [-0.1, -0.05) is 118 Å². The van der Waals surface area contributed by atoms with Crippen molar-refractivity contribution in [1.29, 1.82) is 0 Å². The quantitative estimate of drug-likeness (QED) is 0.0418. The van der Waals surface area contributed by atoms with E-state index < -0.39 is 23.5 Å². The lowest BCUT2D eigenvalue weighted by molar-refractivity contribution is 0.0992. The second kappa shape index (κ2) is 34.9. The molecule has 3 aliphatic rings. The summed E-state index contributed by atoms with van der Waals surface area (Å²) in [6, 6.07) is 35.4. The monoisotopic (exact) mass is 1470 g/mol. The van der Waals surface area contributed by atoms with Crippen molar-refractivity contribution in [2.75, 3.05) is 126 Å². The molecule has 522 valence electrons. The zero-order valence-corrected chi connectivity index (χ0v) is 60.0. The van der Waals surface area contributed by atoms with Crippen LogP contribution in [-0.4, -0.2) is 162 Å². The van der Waals surface area contributed by atoms with E-state index in [9.17, 15) is 18.8 Å². The zero-order chi connectivity index (χ0) is 71.0. The summed E-state index contributed by atoms with van der Waals surface area (Å²) in [5.41, 5.74) is 33.1. The molecule has 6 heterocycles. The number of nitrogen functional groups attached to an aromatic ring is 2. The van der Waals surface area contributed by atoms with Gasteiger partial charge in [0.05, 0.1) is 70.7 Å². The maximum atomic E-state index is 13.5. The van der Waals surface area contributed by atoms with Gasteiger partial charge in [-0.25, -0.2) is 19.3 Å². The van der Waals surface area contributed by atoms with Crippen LogP contribution in [0, 0.1) is 12.7 Å². The molecule has 0 unspecified atom stereocenters. The second-order valence-electron chi connectivity index (χ2n) is 23.7. The number of piperazine rings is 3. The fourth-order valence-electron chi connectivity index (χ4n) is 10.3. The van der Waals surface area contributed by atoms with E-state index in [-0.39, 0.29) is 28.4 Å². The summed E-state index contributed by atoms with van der Waals surface area (Å²) in [7, 11) is 6.30. The van der Waals surface area contributed by atoms with Gasteiger partial charge in [0.2, 0.25) is 53.2 Å². The molecule has 0 bridgehead atoms. The average Bonchev–Trinajstić information content (AvgIpc) is 0.827. The standard InChI is InChI=1S/C24H26ClN5O2S.C23H24ClFN6O2S.C23H25ClN6O2S/c1-16-4-3-5-17(12-16)15-32-23-21(33-18-6-7-19(22(26)31)20(25)13-18)14-27-24(28-23)30-10-8-29(2)9-11-30;1-30-6-8-31(9-7-30)23-28-12-20(34-15-3-4-16(21(27)32)17(24)11-15)22(29-23)33-13-14-2-5-18(25)19(26)10-14;1-29-7-9-30(10-8-29)23-27-13-20(33-17-5-6-18(21(26)31)19(24)12-17)22(28-23)32-14-15-3-2-4-16(25)11-15/h3-7,12-14H,8-11,15H2,1-2H3,(H2,26,31);2-5,10-12H,6-9,13,26H2,1H3,(H2,27,32);2-6,11-13H,7-10,14,25H2,1H3,(H2,26,31). The van der Waals surface area contributed by atoms with Gasteiger partial charge in [-0.2, -0.15) is 15.0 Å². The molecule has 23 nitrogen and oxygen atoms in total. The van der Waals surface area contributed by atoms with Crippen molar-refractivity contribution < 1.29 is 33.0 Å². The van der Waals surface area contributed by atoms with E-state index in [0.717, 1.165) is 114 Å². The smallest absolute Gasteiger partial charge is 0.250 e. The highest BCUT2D eigenvalue weighted by molar-refractivity contribution is 8.00. The topological polar surface area (TPSA) is 306 Å². The van der Waals surface area contributed by atoms with E-state index >= 15 is 0 Å². The molecule has 3 saturated heterocycles. The van der Waals surface area contributed by atoms with Crippen LogP contribution in [0.1, 0.15) is 53.3 Å². The molecule has 3 aromatic heterocycles. The summed E-state index contributed by atoms with van der Waals surface area (Å²) in [5, 5.41) is 0.867. The number of nitrogens with zero attached hydrogens (tertiary/aromatic N) is 12. The van der Waals surface area contributed by atoms with E-state index in [2.05, 4.69) is 89.5 Å². The summed E-state index contributed by atoms with van der Waals surface area (Å²) >= 11 is 22.9. The van der Waals surface area contributed by atoms with Crippen LogP contribution in [0.2, 0.25) is 15.1 Å². The summed E-state index contributed by atoms with van der Waals surface area (Å²) in [5.74, 6) is 1.05. The van der Waals surface area contributed by atoms with E-state index in [1.807, 2.05) is 36.4 Å². The molecule has 9 aromatic rings. The first-order valence-corrected chi connectivity index (χ1v) is 35.2. The molecule has 6 aromatic carbocycles. The SMILES string of the molecule is CN1CCN(c2ncc(Sc3ccc(C(N)=O)c(Cl)c3)c(OCc3ccc(F)c(N)c3)n2)CC1.CN1CCN(c2ncc(Sc3ccc(C(N)=O)c(Cl)c3)c(OCc3cccc(N)c3)n2)CC1.Cc1cccc(COc2nc(N3CCN(C)CC3)ncc2Sc2ccc(C(N)=O)c(Cl)c2)c1. The third kappa shape index (κ3) is 20.6. The van der Waals surface area contributed by atoms with Crippen LogP contribution in [-0.2, 0) is 19.8 Å². The summed E-state index contributed by atoms with van der Waals surface area (Å²) in [4.78, 5) is 80.2. The molecule has 100 heavy (non-hydrogen) atoms. The maximum Gasteiger partial charge on any atom is 0.250 e. The number of hydrogen-bond acceptors (Lipinski definition) is 23. The summed E-state index contributed by atoms with van der Waals surface area (Å²) in [6.07, 6.45) is 5.25. The molecule has 0 spiro atoms. The number of ether oxygens (including phenoxy) is 3. The molecular formula is C70H75Cl3FN17O6S3. The molecule has 0 aliphatic carbocycles. The Morgan fingerprint density at radius 2 is 0.790 bits per heavy atom. The Kier molecular flexibility index (Phi) is 25.8. The van der Waals surface area contributed by atoms with Crippen LogP contribution < -0.4 is 57.6 Å². The predicted molar refractivity (Wildman–Crippen MR) is 393 cm³/mol. The van der Waals surface area contributed by atoms with Crippen LogP contribution in [0.25, 0.3) is 0 Å². The number of amides is 3. The lowest BCUT2D eigenvalue weighted by Gasteiger charge is -2.32. The first-order chi connectivity index (χ1) is 48.1. The van der Waals surface area contributed by atoms with E-state index in [4.69, 9.17) is 87.6 Å². The average molecular weight is 1470 g/mol. The number of primary amides is 3. The number of hydrogen-bond donors (Lipinski definition) is 5. The Labute approximate surface area is 607 Å². The van der Waals surface area contributed by atoms with Crippen molar-refractivity contribution in [3.8, 4) is 17.6 Å². The third-order valence-electron chi connectivity index (χ3n) is 16.0. The fraction of sp³-hybridized carbons (Fsp3) is 0.271. The van der Waals surface area contributed by atoms with Crippen LogP contribution in [0.15, 0.2) is 169 Å². The molecule has 3 fully saturated rings. The fourth-order valence-corrected chi connectivity index (χ4v) is 13.9. The highest BCUT2D eigenvalue weighted by Gasteiger charge is 2.24. The first kappa shape index (κ1) is 73.8. The molecule has 3 aliphatic heterocycles. The zero-order valence-electron chi connectivity index (χ0n) is 55.3. The molecule has 10 N–H and O–H groups in total. The third-order valence-corrected chi connectivity index (χ3v) is 19.9. The van der Waals surface area contributed by atoms with Crippen molar-refractivity contribution >= 4 is 117 Å². The highest BCUT2D eigenvalue weighted by atomic mass is 35.5. The first-order valence-electron chi connectivity index (χ1n) is 31.6. The van der Waals surface area contributed by atoms with Crippen LogP contribution >= 0.6 is 70.1 Å². The number of anilines is 5. The van der Waals surface area contributed by atoms with Crippen LogP contribution in [0.3, 0.4) is 0 Å². The van der Waals surface area contributed by atoms with Crippen molar-refractivity contribution in [3.63, 3.8) is 0 Å². The lowest BCUT2D eigenvalue weighted by Crippen LogP contribution is -2.45. The number of benzene rings is 6. The minimum Gasteiger partial charge on any atom is -0.472 e. The normalized spacial score (nSPS) is 14.3. The number of carbonyl (C=O) groups is 3. The van der Waals surface area contributed by atoms with E-state index in [1.54, 1.807) is 79.3 Å². The van der Waals surface area contributed by atoms with Crippen molar-refractivity contribution in [2.45, 2.75) is 56.1 Å². The van der Waals surface area contributed by atoms with Crippen LogP contribution in [0.5, 0.6) is 17.6 Å². The molecule has 12 rings (SSSR count). The van der Waals surface area contributed by atoms with Crippen LogP contribution in [0.4, 0.5) is 33.6 Å². The number of nitrogens with two attached hydrogens (primary N) is 5. The van der Waals surface area contributed by atoms with Gasteiger partial charge in [0, 0.05) is 98.9 Å². The summed E-state index contributed by atoms with van der Waals surface area (Å²) < 4.78 is 31.9. The molecule has 0 atom stereocenters. The van der Waals surface area contributed by atoms with Gasteiger partial charge in [0.1, 0.15) is 25.6 Å². The van der Waals surface area contributed by atoms with Crippen molar-refractivity contribution in [1.82, 2.24) is 44.6 Å². The Balaban J connectivity index is 0.000000162. The van der Waals surface area contributed by atoms with Crippen molar-refractivity contribution in [3.05, 3.63) is 200 Å². The van der Waals surface area contributed by atoms with Gasteiger partial charge >= 0.3 is 0 Å². The Morgan fingerprint density at radius 1 is 0.450 bits per heavy atom. The Morgan fingerprint density at radius 3 is 1.11 bits per heavy atom.